The third-order valence-electron chi connectivity index (χ3n) is 9.71. The van der Waals surface area contributed by atoms with E-state index in [0.717, 1.165) is 20.6 Å². The van der Waals surface area contributed by atoms with Crippen molar-refractivity contribution in [2.45, 2.75) is 71.4 Å². The van der Waals surface area contributed by atoms with Gasteiger partial charge in [-0.3, -0.25) is 5.32 Å². The molecule has 0 saturated heterocycles. The van der Waals surface area contributed by atoms with Crippen LogP contribution in [0, 0.1) is 19.3 Å². The number of carbonyl (C=O) groups excluding carboxylic acids is 2. The molecule has 62 heavy (non-hydrogen) atoms. The zero-order valence-electron chi connectivity index (χ0n) is 35.3. The lowest BCUT2D eigenvalue weighted by molar-refractivity contribution is 0.0488. The van der Waals surface area contributed by atoms with Gasteiger partial charge in [0.25, 0.3) is 10.0 Å². The molecule has 1 atom stereocenters. The first-order valence-corrected chi connectivity index (χ1v) is 21.2. The molecule has 0 aliphatic rings. The molecule has 324 valence electrons. The number of hydrogen-bond acceptors (Lipinski definition) is 13. The van der Waals surface area contributed by atoms with Crippen LogP contribution < -0.4 is 15.4 Å². The first-order chi connectivity index (χ1) is 29.4. The molecular formula is C44H48N8O9S. The molecule has 5 aromatic heterocycles. The highest BCUT2D eigenvalue weighted by molar-refractivity contribution is 7.90. The summed E-state index contributed by atoms with van der Waals surface area (Å²) in [6.07, 6.45) is 3.58. The predicted octanol–water partition coefficient (Wildman–Crippen LogP) is 7.57. The van der Waals surface area contributed by atoms with Gasteiger partial charge in [-0.25, -0.2) is 24.5 Å². The van der Waals surface area contributed by atoms with Crippen molar-refractivity contribution in [3.8, 4) is 28.3 Å². The number of aliphatic hydroxyl groups excluding tert-OH is 1. The number of nitrogens with zero attached hydrogens (tertiary/aromatic N) is 5. The van der Waals surface area contributed by atoms with Crippen molar-refractivity contribution in [1.82, 2.24) is 34.4 Å². The summed E-state index contributed by atoms with van der Waals surface area (Å²) in [5.74, 6) is 0.531. The van der Waals surface area contributed by atoms with Crippen LogP contribution in [0.5, 0.6) is 5.75 Å². The number of rotatable bonds is 14. The van der Waals surface area contributed by atoms with E-state index in [1.165, 1.54) is 24.6 Å². The van der Waals surface area contributed by atoms with Gasteiger partial charge in [-0.1, -0.05) is 50.2 Å². The van der Waals surface area contributed by atoms with Gasteiger partial charge < -0.3 is 34.0 Å². The summed E-state index contributed by atoms with van der Waals surface area (Å²) in [7, 11) is -4.13. The van der Waals surface area contributed by atoms with Gasteiger partial charge in [0.2, 0.25) is 0 Å². The van der Waals surface area contributed by atoms with Gasteiger partial charge >= 0.3 is 12.2 Å². The van der Waals surface area contributed by atoms with Crippen molar-refractivity contribution in [1.29, 1.82) is 0 Å². The van der Waals surface area contributed by atoms with E-state index >= 15 is 0 Å². The minimum atomic E-state index is -4.13. The number of aromatic amines is 1. The number of carbonyl (C=O) groups is 2. The lowest BCUT2D eigenvalue weighted by Gasteiger charge is -2.24. The topological polar surface area (TPSA) is 226 Å². The van der Waals surface area contributed by atoms with E-state index in [1.807, 2.05) is 30.5 Å². The van der Waals surface area contributed by atoms with Crippen LogP contribution in [0.1, 0.15) is 51.6 Å². The smallest absolute Gasteiger partial charge is 0.412 e. The maximum atomic E-state index is 13.7. The number of amides is 2. The minimum Gasteiger partial charge on any atom is -0.488 e. The molecule has 0 saturated carbocycles. The maximum Gasteiger partial charge on any atom is 0.412 e. The molecule has 0 aliphatic heterocycles. The Labute approximate surface area is 357 Å². The van der Waals surface area contributed by atoms with E-state index in [-0.39, 0.29) is 53.1 Å². The summed E-state index contributed by atoms with van der Waals surface area (Å²) in [6.45, 7) is 11.7. The molecule has 4 N–H and O–H groups in total. The number of fused-ring (bicyclic) bond motifs is 2. The highest BCUT2D eigenvalue weighted by Crippen LogP contribution is 2.39. The quantitative estimate of drug-likeness (QED) is 0.0829. The number of alkyl carbamates (subject to hydrolysis) is 1. The Bertz CT molecular complexity index is 2860. The molecule has 0 fully saturated rings. The number of anilines is 1. The minimum absolute atomic E-state index is 0.0146. The van der Waals surface area contributed by atoms with Crippen LogP contribution in [-0.4, -0.2) is 86.3 Å². The number of aryl methyl sites for hydroxylation is 2. The number of ether oxygens (including phenoxy) is 3. The number of furan rings is 1. The molecule has 2 amide bonds. The van der Waals surface area contributed by atoms with E-state index in [1.54, 1.807) is 78.8 Å². The summed E-state index contributed by atoms with van der Waals surface area (Å²) in [5.41, 5.74) is 2.39. The van der Waals surface area contributed by atoms with Gasteiger partial charge in [-0.2, -0.15) is 13.5 Å². The maximum absolute atomic E-state index is 13.7. The number of para-hydroxylation sites is 1. The molecule has 2 aromatic carbocycles. The number of pyridine rings is 1. The third-order valence-corrected chi connectivity index (χ3v) is 11.3. The number of hydrogen-bond donors (Lipinski definition) is 4. The van der Waals surface area contributed by atoms with E-state index in [0.29, 0.717) is 34.7 Å². The fourth-order valence-electron chi connectivity index (χ4n) is 6.53. The first kappa shape index (κ1) is 43.3. The van der Waals surface area contributed by atoms with Crippen LogP contribution in [0.15, 0.2) is 94.7 Å². The lowest BCUT2D eigenvalue weighted by Crippen LogP contribution is -2.43. The van der Waals surface area contributed by atoms with Gasteiger partial charge in [0.1, 0.15) is 30.1 Å². The van der Waals surface area contributed by atoms with Crippen LogP contribution in [0.3, 0.4) is 0 Å². The Morgan fingerprint density at radius 2 is 1.71 bits per heavy atom. The molecule has 7 aromatic rings. The Morgan fingerprint density at radius 3 is 2.42 bits per heavy atom. The normalized spacial score (nSPS) is 12.6. The molecule has 5 heterocycles. The van der Waals surface area contributed by atoms with Crippen molar-refractivity contribution in [3.05, 3.63) is 102 Å². The van der Waals surface area contributed by atoms with Crippen molar-refractivity contribution >= 4 is 50.1 Å². The molecule has 0 spiro atoms. The average Bonchev–Trinajstić information content (AvgIpc) is 3.95. The second kappa shape index (κ2) is 17.3. The largest absolute Gasteiger partial charge is 0.488 e. The van der Waals surface area contributed by atoms with Gasteiger partial charge in [-0.05, 0) is 76.9 Å². The monoisotopic (exact) mass is 864 g/mol. The average molecular weight is 865 g/mol. The van der Waals surface area contributed by atoms with E-state index in [9.17, 15) is 23.1 Å². The molecule has 0 unspecified atom stereocenters. The molecule has 7 rings (SSSR count). The molecular weight excluding hydrogens is 817 g/mol. The van der Waals surface area contributed by atoms with E-state index in [4.69, 9.17) is 28.6 Å². The van der Waals surface area contributed by atoms with Gasteiger partial charge in [0.05, 0.1) is 47.1 Å². The summed E-state index contributed by atoms with van der Waals surface area (Å²) >= 11 is 0. The lowest BCUT2D eigenvalue weighted by atomic mass is 9.97. The fraction of sp³-hybridized carbons (Fsp3) is 0.318. The Hall–Kier alpha value is -6.79. The van der Waals surface area contributed by atoms with Gasteiger partial charge in [0.15, 0.2) is 17.2 Å². The SMILES string of the molecule is Cc1occc1-c1nc(NC(=O)OCC(C)(C)CO)c(OC[C@H](Cc2c[nH]c3ccccc23)NC(=O)OC(C)(C)C)cc1-c1cnc2c(n1)c(C)nn2S(=O)(=O)c1ccccc1. The predicted molar refractivity (Wildman–Crippen MR) is 231 cm³/mol. The number of benzene rings is 2. The zero-order valence-corrected chi connectivity index (χ0v) is 36.2. The highest BCUT2D eigenvalue weighted by Gasteiger charge is 2.28. The van der Waals surface area contributed by atoms with Crippen LogP contribution in [-0.2, 0) is 25.9 Å². The van der Waals surface area contributed by atoms with Crippen LogP contribution in [0.2, 0.25) is 0 Å². The van der Waals surface area contributed by atoms with Gasteiger partial charge in [-0.15, -0.1) is 4.09 Å². The second-order valence-corrected chi connectivity index (χ2v) is 18.3. The zero-order chi connectivity index (χ0) is 44.4. The van der Waals surface area contributed by atoms with Crippen LogP contribution in [0.4, 0.5) is 15.4 Å². The summed E-state index contributed by atoms with van der Waals surface area (Å²) in [6, 6.07) is 18.3. The van der Waals surface area contributed by atoms with E-state index in [2.05, 4.69) is 25.7 Å². The second-order valence-electron chi connectivity index (χ2n) is 16.5. The molecule has 17 nitrogen and oxygen atoms in total. The number of H-pyrrole nitrogens is 1. The van der Waals surface area contributed by atoms with E-state index < -0.39 is 39.3 Å². The standard InChI is InChI=1S/C44H48N8O9S/c1-26-37-40(52(51-26)62(56,57)30-13-9-8-10-14-30)46-22-35(48-37)33-20-36(39(49-38(33)31-17-18-58-27(31)2)50-41(54)60-25-44(6,7)24-53)59-23-29(47-42(55)61-43(3,4)5)19-28-21-45-34-16-12-11-15-32(28)34/h8-18,20-22,29,45,53H,19,23-25H2,1-7H3,(H,47,55)(H,49,50,54)/t29-/m0/s1. The molecule has 18 heteroatoms. The fourth-order valence-corrected chi connectivity index (χ4v) is 7.83. The molecule has 0 bridgehead atoms. The Morgan fingerprint density at radius 1 is 0.968 bits per heavy atom. The third kappa shape index (κ3) is 9.55. The van der Waals surface area contributed by atoms with Crippen LogP contribution in [0.25, 0.3) is 44.6 Å². The number of aliphatic hydroxyl groups is 1. The van der Waals surface area contributed by atoms with Gasteiger partial charge in [0, 0.05) is 33.6 Å². The van der Waals surface area contributed by atoms with Crippen LogP contribution >= 0.6 is 0 Å². The molecule has 0 aliphatic carbocycles. The number of aromatic nitrogens is 6. The Balaban J connectivity index is 1.33. The molecule has 0 radical (unpaired) electrons. The highest BCUT2D eigenvalue weighted by atomic mass is 32.2. The first-order valence-electron chi connectivity index (χ1n) is 19.8. The van der Waals surface area contributed by atoms with Crippen molar-refractivity contribution in [3.63, 3.8) is 0 Å². The summed E-state index contributed by atoms with van der Waals surface area (Å²) < 4.78 is 51.5. The van der Waals surface area contributed by atoms with Crippen molar-refractivity contribution in [2.24, 2.45) is 5.41 Å². The van der Waals surface area contributed by atoms with Crippen molar-refractivity contribution < 1.29 is 41.7 Å². The van der Waals surface area contributed by atoms with Crippen molar-refractivity contribution in [2.75, 3.05) is 25.1 Å². The Kier molecular flexibility index (Phi) is 12.1. The summed E-state index contributed by atoms with van der Waals surface area (Å²) in [5, 5.41) is 20.7. The summed E-state index contributed by atoms with van der Waals surface area (Å²) in [4.78, 5) is 44.2. The number of nitrogens with one attached hydrogen (secondary N) is 3.